The Kier molecular flexibility index (Phi) is 3.46. The molecule has 1 atom stereocenters. The third kappa shape index (κ3) is 2.53. The second-order valence-corrected chi connectivity index (χ2v) is 4.67. The SMILES string of the molecule is COc1ccc(C(=O)C2=Cc3ccccc3OC2O)cc1. The number of benzene rings is 2. The van der Waals surface area contributed by atoms with Gasteiger partial charge in [0.05, 0.1) is 12.7 Å². The number of ketones is 1. The smallest absolute Gasteiger partial charge is 0.228 e. The second-order valence-electron chi connectivity index (χ2n) is 4.67. The Hall–Kier alpha value is -2.59. The van der Waals surface area contributed by atoms with Gasteiger partial charge in [0.15, 0.2) is 5.78 Å². The van der Waals surface area contributed by atoms with Gasteiger partial charge in [-0.25, -0.2) is 0 Å². The normalized spacial score (nSPS) is 16.5. The molecule has 0 saturated carbocycles. The van der Waals surface area contributed by atoms with Gasteiger partial charge in [0.25, 0.3) is 0 Å². The minimum Gasteiger partial charge on any atom is -0.497 e. The zero-order valence-corrected chi connectivity index (χ0v) is 11.4. The highest BCUT2D eigenvalue weighted by atomic mass is 16.6. The molecule has 1 heterocycles. The largest absolute Gasteiger partial charge is 0.497 e. The van der Waals surface area contributed by atoms with Crippen molar-refractivity contribution in [2.75, 3.05) is 7.11 Å². The summed E-state index contributed by atoms with van der Waals surface area (Å²) in [7, 11) is 1.56. The predicted molar refractivity (Wildman–Crippen MR) is 78.4 cm³/mol. The zero-order valence-electron chi connectivity index (χ0n) is 11.4. The maximum Gasteiger partial charge on any atom is 0.228 e. The molecule has 21 heavy (non-hydrogen) atoms. The average Bonchev–Trinajstić information content (AvgIpc) is 2.53. The van der Waals surface area contributed by atoms with Crippen molar-refractivity contribution in [2.24, 2.45) is 0 Å². The number of Topliss-reactive ketones (excluding diaryl/α,β-unsaturated/α-hetero) is 1. The van der Waals surface area contributed by atoms with E-state index >= 15 is 0 Å². The van der Waals surface area contributed by atoms with Gasteiger partial charge in [-0.3, -0.25) is 4.79 Å². The molecule has 2 aromatic carbocycles. The summed E-state index contributed by atoms with van der Waals surface area (Å²) in [6, 6.07) is 14.0. The van der Waals surface area contributed by atoms with Gasteiger partial charge in [0.1, 0.15) is 11.5 Å². The molecule has 1 aliphatic heterocycles. The first kappa shape index (κ1) is 13.4. The van der Waals surface area contributed by atoms with Gasteiger partial charge in [0.2, 0.25) is 6.29 Å². The summed E-state index contributed by atoms with van der Waals surface area (Å²) in [6.07, 6.45) is 0.408. The van der Waals surface area contributed by atoms with Crippen molar-refractivity contribution in [3.8, 4) is 11.5 Å². The molecule has 0 fully saturated rings. The molecule has 4 nitrogen and oxygen atoms in total. The molecule has 1 aliphatic rings. The number of carbonyl (C=O) groups excluding carboxylic acids is 1. The third-order valence-corrected chi connectivity index (χ3v) is 3.35. The van der Waals surface area contributed by atoms with Crippen molar-refractivity contribution in [3.05, 3.63) is 65.2 Å². The van der Waals surface area contributed by atoms with Gasteiger partial charge in [-0.2, -0.15) is 0 Å². The van der Waals surface area contributed by atoms with Crippen molar-refractivity contribution in [1.82, 2.24) is 0 Å². The van der Waals surface area contributed by atoms with Gasteiger partial charge in [-0.15, -0.1) is 0 Å². The lowest BCUT2D eigenvalue weighted by Gasteiger charge is -2.22. The van der Waals surface area contributed by atoms with Crippen molar-refractivity contribution < 1.29 is 19.4 Å². The molecule has 106 valence electrons. The first-order valence-corrected chi connectivity index (χ1v) is 6.53. The van der Waals surface area contributed by atoms with E-state index in [0.717, 1.165) is 5.56 Å². The van der Waals surface area contributed by atoms with Crippen molar-refractivity contribution in [2.45, 2.75) is 6.29 Å². The fourth-order valence-corrected chi connectivity index (χ4v) is 2.22. The lowest BCUT2D eigenvalue weighted by molar-refractivity contribution is 0.0123. The minimum absolute atomic E-state index is 0.221. The van der Waals surface area contributed by atoms with E-state index in [-0.39, 0.29) is 11.4 Å². The number of aliphatic hydroxyl groups is 1. The Morgan fingerprint density at radius 3 is 2.57 bits per heavy atom. The fraction of sp³-hybridized carbons (Fsp3) is 0.118. The molecule has 0 saturated heterocycles. The third-order valence-electron chi connectivity index (χ3n) is 3.35. The summed E-state index contributed by atoms with van der Waals surface area (Å²) in [5.74, 6) is 0.974. The Morgan fingerprint density at radius 2 is 1.86 bits per heavy atom. The fourth-order valence-electron chi connectivity index (χ4n) is 2.22. The van der Waals surface area contributed by atoms with E-state index in [4.69, 9.17) is 9.47 Å². The van der Waals surface area contributed by atoms with E-state index < -0.39 is 6.29 Å². The van der Waals surface area contributed by atoms with Gasteiger partial charge in [0, 0.05) is 11.1 Å². The molecule has 1 unspecified atom stereocenters. The Bertz CT molecular complexity index is 701. The number of fused-ring (bicyclic) bond motifs is 1. The summed E-state index contributed by atoms with van der Waals surface area (Å²) in [4.78, 5) is 12.5. The van der Waals surface area contributed by atoms with Gasteiger partial charge in [-0.1, -0.05) is 18.2 Å². The number of hydrogen-bond donors (Lipinski definition) is 1. The van der Waals surface area contributed by atoms with E-state index in [1.165, 1.54) is 0 Å². The molecule has 3 rings (SSSR count). The molecule has 0 aromatic heterocycles. The lowest BCUT2D eigenvalue weighted by atomic mass is 9.98. The van der Waals surface area contributed by atoms with Crippen LogP contribution in [0.2, 0.25) is 0 Å². The molecule has 0 amide bonds. The standard InChI is InChI=1S/C17H14O4/c1-20-13-8-6-11(7-9-13)16(18)14-10-12-4-2-3-5-15(12)21-17(14)19/h2-10,17,19H,1H3. The topological polar surface area (TPSA) is 55.8 Å². The molecule has 0 bridgehead atoms. The molecule has 1 N–H and O–H groups in total. The second kappa shape index (κ2) is 5.42. The molecule has 0 spiro atoms. The van der Waals surface area contributed by atoms with Crippen LogP contribution in [0.1, 0.15) is 15.9 Å². The number of hydrogen-bond acceptors (Lipinski definition) is 4. The summed E-state index contributed by atoms with van der Waals surface area (Å²) in [5.41, 5.74) is 1.47. The van der Waals surface area contributed by atoms with Crippen LogP contribution in [-0.4, -0.2) is 24.3 Å². The van der Waals surface area contributed by atoms with Crippen molar-refractivity contribution in [1.29, 1.82) is 0 Å². The highest BCUT2D eigenvalue weighted by molar-refractivity contribution is 6.12. The zero-order chi connectivity index (χ0) is 14.8. The Balaban J connectivity index is 1.95. The number of rotatable bonds is 3. The molecular weight excluding hydrogens is 268 g/mol. The van der Waals surface area contributed by atoms with Crippen molar-refractivity contribution >= 4 is 11.9 Å². The van der Waals surface area contributed by atoms with Crippen LogP contribution in [0.4, 0.5) is 0 Å². The maximum atomic E-state index is 12.5. The predicted octanol–water partition coefficient (Wildman–Crippen LogP) is 2.67. The van der Waals surface area contributed by atoms with E-state index in [1.54, 1.807) is 43.5 Å². The van der Waals surface area contributed by atoms with Crippen LogP contribution < -0.4 is 9.47 Å². The Morgan fingerprint density at radius 1 is 1.14 bits per heavy atom. The van der Waals surface area contributed by atoms with E-state index in [9.17, 15) is 9.90 Å². The average molecular weight is 282 g/mol. The van der Waals surface area contributed by atoms with Crippen molar-refractivity contribution in [3.63, 3.8) is 0 Å². The molecule has 0 aliphatic carbocycles. The number of carbonyl (C=O) groups is 1. The van der Waals surface area contributed by atoms with E-state index in [1.807, 2.05) is 18.2 Å². The highest BCUT2D eigenvalue weighted by Gasteiger charge is 2.26. The quantitative estimate of drug-likeness (QED) is 0.879. The van der Waals surface area contributed by atoms with Crippen LogP contribution in [0.25, 0.3) is 6.08 Å². The summed E-state index contributed by atoms with van der Waals surface area (Å²) < 4.78 is 10.4. The summed E-state index contributed by atoms with van der Waals surface area (Å²) in [6.45, 7) is 0. The number of ether oxygens (including phenoxy) is 2. The van der Waals surface area contributed by atoms with Crippen LogP contribution >= 0.6 is 0 Å². The monoisotopic (exact) mass is 282 g/mol. The number of aliphatic hydroxyl groups excluding tert-OH is 1. The van der Waals surface area contributed by atoms with Crippen LogP contribution in [0.15, 0.2) is 54.1 Å². The number of para-hydroxylation sites is 1. The molecule has 2 aromatic rings. The summed E-state index contributed by atoms with van der Waals surface area (Å²) in [5, 5.41) is 10.0. The van der Waals surface area contributed by atoms with Crippen LogP contribution in [0.3, 0.4) is 0 Å². The van der Waals surface area contributed by atoms with Crippen LogP contribution in [-0.2, 0) is 0 Å². The molecule has 4 heteroatoms. The Labute approximate surface area is 122 Å². The van der Waals surface area contributed by atoms with Gasteiger partial charge in [-0.05, 0) is 36.4 Å². The van der Waals surface area contributed by atoms with E-state index in [2.05, 4.69) is 0 Å². The summed E-state index contributed by atoms with van der Waals surface area (Å²) >= 11 is 0. The van der Waals surface area contributed by atoms with Crippen LogP contribution in [0, 0.1) is 0 Å². The van der Waals surface area contributed by atoms with Gasteiger partial charge >= 0.3 is 0 Å². The molecule has 0 radical (unpaired) electrons. The van der Waals surface area contributed by atoms with Crippen LogP contribution in [0.5, 0.6) is 11.5 Å². The highest BCUT2D eigenvalue weighted by Crippen LogP contribution is 2.30. The first-order valence-electron chi connectivity index (χ1n) is 6.53. The number of methoxy groups -OCH3 is 1. The minimum atomic E-state index is -1.26. The lowest BCUT2D eigenvalue weighted by Crippen LogP contribution is -2.26. The first-order chi connectivity index (χ1) is 10.2. The van der Waals surface area contributed by atoms with Gasteiger partial charge < -0.3 is 14.6 Å². The maximum absolute atomic E-state index is 12.5. The molecular formula is C17H14O4. The van der Waals surface area contributed by atoms with E-state index in [0.29, 0.717) is 17.1 Å².